The summed E-state index contributed by atoms with van der Waals surface area (Å²) in [5.41, 5.74) is 2.63. The van der Waals surface area contributed by atoms with Crippen LogP contribution >= 0.6 is 0 Å². The van der Waals surface area contributed by atoms with E-state index < -0.39 is 4.92 Å². The SMILES string of the molecule is CC(C)Cc1cc(C(=O)N2CCN(CC(C)C)CC2)ccc1OCc1ccc([N+](=O)[O-])cc1. The summed E-state index contributed by atoms with van der Waals surface area (Å²) in [6, 6.07) is 12.1. The summed E-state index contributed by atoms with van der Waals surface area (Å²) < 4.78 is 6.05. The van der Waals surface area contributed by atoms with Crippen LogP contribution in [0.3, 0.4) is 0 Å². The lowest BCUT2D eigenvalue weighted by Crippen LogP contribution is -2.49. The van der Waals surface area contributed by atoms with Crippen molar-refractivity contribution >= 4 is 11.6 Å². The van der Waals surface area contributed by atoms with Crippen molar-refractivity contribution in [3.05, 3.63) is 69.3 Å². The second-order valence-electron chi connectivity index (χ2n) is 9.62. The average Bonchev–Trinajstić information content (AvgIpc) is 2.77. The quantitative estimate of drug-likeness (QED) is 0.403. The molecule has 7 nitrogen and oxygen atoms in total. The second kappa shape index (κ2) is 11.3. The fourth-order valence-corrected chi connectivity index (χ4v) is 4.16. The van der Waals surface area contributed by atoms with Gasteiger partial charge >= 0.3 is 0 Å². The number of nitro benzene ring substituents is 1. The fraction of sp³-hybridized carbons (Fsp3) is 0.500. The van der Waals surface area contributed by atoms with Crippen LogP contribution in [0, 0.1) is 22.0 Å². The molecule has 0 saturated carbocycles. The maximum absolute atomic E-state index is 13.2. The predicted octanol–water partition coefficient (Wildman–Crippen LogP) is 4.79. The highest BCUT2D eigenvalue weighted by molar-refractivity contribution is 5.94. The summed E-state index contributed by atoms with van der Waals surface area (Å²) in [7, 11) is 0. The molecule has 2 aromatic rings. The largest absolute Gasteiger partial charge is 0.489 e. The van der Waals surface area contributed by atoms with Crippen LogP contribution in [0.25, 0.3) is 0 Å². The summed E-state index contributed by atoms with van der Waals surface area (Å²) in [6.07, 6.45) is 0.804. The van der Waals surface area contributed by atoms with E-state index in [1.54, 1.807) is 12.1 Å². The van der Waals surface area contributed by atoms with Gasteiger partial charge in [0.15, 0.2) is 0 Å². The molecule has 0 bridgehead atoms. The van der Waals surface area contributed by atoms with Crippen LogP contribution in [0.1, 0.15) is 49.2 Å². The van der Waals surface area contributed by atoms with Crippen molar-refractivity contribution in [1.82, 2.24) is 9.80 Å². The summed E-state index contributed by atoms with van der Waals surface area (Å²) in [5.74, 6) is 1.87. The molecule has 178 valence electrons. The monoisotopic (exact) mass is 453 g/mol. The zero-order valence-electron chi connectivity index (χ0n) is 20.1. The van der Waals surface area contributed by atoms with Crippen LogP contribution in [0.2, 0.25) is 0 Å². The van der Waals surface area contributed by atoms with E-state index in [-0.39, 0.29) is 11.6 Å². The van der Waals surface area contributed by atoms with Gasteiger partial charge in [0, 0.05) is 50.4 Å². The van der Waals surface area contributed by atoms with E-state index in [0.29, 0.717) is 24.0 Å². The highest BCUT2D eigenvalue weighted by atomic mass is 16.6. The molecule has 1 saturated heterocycles. The molecule has 0 atom stereocenters. The van der Waals surface area contributed by atoms with Gasteiger partial charge in [-0.2, -0.15) is 0 Å². The first-order valence-corrected chi connectivity index (χ1v) is 11.7. The molecule has 2 aromatic carbocycles. The predicted molar refractivity (Wildman–Crippen MR) is 130 cm³/mol. The van der Waals surface area contributed by atoms with E-state index in [1.807, 2.05) is 23.1 Å². The Morgan fingerprint density at radius 1 is 1.00 bits per heavy atom. The van der Waals surface area contributed by atoms with Crippen molar-refractivity contribution in [1.29, 1.82) is 0 Å². The lowest BCUT2D eigenvalue weighted by atomic mass is 9.99. The van der Waals surface area contributed by atoms with Crippen LogP contribution < -0.4 is 4.74 Å². The molecule has 33 heavy (non-hydrogen) atoms. The molecular formula is C26H35N3O4. The minimum Gasteiger partial charge on any atom is -0.489 e. The third kappa shape index (κ3) is 7.02. The van der Waals surface area contributed by atoms with Gasteiger partial charge in [0.1, 0.15) is 12.4 Å². The molecule has 3 rings (SSSR count). The number of ether oxygens (including phenoxy) is 1. The number of amides is 1. The number of carbonyl (C=O) groups is 1. The summed E-state index contributed by atoms with van der Waals surface area (Å²) >= 11 is 0. The number of benzene rings is 2. The smallest absolute Gasteiger partial charge is 0.269 e. The highest BCUT2D eigenvalue weighted by Crippen LogP contribution is 2.26. The van der Waals surface area contributed by atoms with Crippen LogP contribution in [-0.4, -0.2) is 53.4 Å². The van der Waals surface area contributed by atoms with Crippen molar-refractivity contribution in [2.24, 2.45) is 11.8 Å². The number of non-ortho nitro benzene ring substituents is 1. The van der Waals surface area contributed by atoms with Gasteiger partial charge in [-0.05, 0) is 59.7 Å². The van der Waals surface area contributed by atoms with Crippen molar-refractivity contribution < 1.29 is 14.5 Å². The van der Waals surface area contributed by atoms with E-state index in [2.05, 4.69) is 32.6 Å². The van der Waals surface area contributed by atoms with Gasteiger partial charge in [-0.15, -0.1) is 0 Å². The van der Waals surface area contributed by atoms with Crippen molar-refractivity contribution in [3.63, 3.8) is 0 Å². The van der Waals surface area contributed by atoms with E-state index >= 15 is 0 Å². The van der Waals surface area contributed by atoms with Gasteiger partial charge < -0.3 is 9.64 Å². The van der Waals surface area contributed by atoms with Crippen molar-refractivity contribution in [2.45, 2.75) is 40.7 Å². The number of hydrogen-bond donors (Lipinski definition) is 0. The Bertz CT molecular complexity index is 949. The number of nitro groups is 1. The van der Waals surface area contributed by atoms with Gasteiger partial charge in [-0.3, -0.25) is 19.8 Å². The van der Waals surface area contributed by atoms with Gasteiger partial charge in [0.2, 0.25) is 0 Å². The normalized spacial score (nSPS) is 14.7. The van der Waals surface area contributed by atoms with E-state index in [0.717, 1.165) is 56.0 Å². The van der Waals surface area contributed by atoms with Gasteiger partial charge in [0.05, 0.1) is 4.92 Å². The molecule has 1 heterocycles. The summed E-state index contributed by atoms with van der Waals surface area (Å²) in [5, 5.41) is 10.8. The third-order valence-corrected chi connectivity index (χ3v) is 5.76. The molecular weight excluding hydrogens is 418 g/mol. The molecule has 0 aliphatic carbocycles. The number of carbonyl (C=O) groups excluding carboxylic acids is 1. The van der Waals surface area contributed by atoms with Crippen molar-refractivity contribution in [3.8, 4) is 5.75 Å². The lowest BCUT2D eigenvalue weighted by Gasteiger charge is -2.35. The molecule has 1 aliphatic heterocycles. The fourth-order valence-electron chi connectivity index (χ4n) is 4.16. The molecule has 0 unspecified atom stereocenters. The summed E-state index contributed by atoms with van der Waals surface area (Å²) in [4.78, 5) is 28.0. The maximum Gasteiger partial charge on any atom is 0.269 e. The number of nitrogens with zero attached hydrogens (tertiary/aromatic N) is 3. The van der Waals surface area contributed by atoms with E-state index in [1.165, 1.54) is 12.1 Å². The topological polar surface area (TPSA) is 75.9 Å². The molecule has 0 N–H and O–H groups in total. The minimum atomic E-state index is -0.411. The van der Waals surface area contributed by atoms with E-state index in [4.69, 9.17) is 4.74 Å². The van der Waals surface area contributed by atoms with Crippen LogP contribution in [-0.2, 0) is 13.0 Å². The van der Waals surface area contributed by atoms with E-state index in [9.17, 15) is 14.9 Å². The molecule has 0 radical (unpaired) electrons. The Balaban J connectivity index is 1.68. The van der Waals surface area contributed by atoms with Crippen LogP contribution in [0.4, 0.5) is 5.69 Å². The van der Waals surface area contributed by atoms with Crippen molar-refractivity contribution in [2.75, 3.05) is 32.7 Å². The number of hydrogen-bond acceptors (Lipinski definition) is 5. The average molecular weight is 454 g/mol. The Morgan fingerprint density at radius 2 is 1.67 bits per heavy atom. The highest BCUT2D eigenvalue weighted by Gasteiger charge is 2.23. The van der Waals surface area contributed by atoms with Gasteiger partial charge in [-0.25, -0.2) is 0 Å². The summed E-state index contributed by atoms with van der Waals surface area (Å²) in [6.45, 7) is 13.4. The number of piperazine rings is 1. The number of rotatable bonds is 9. The molecule has 0 spiro atoms. The molecule has 1 fully saturated rings. The first-order valence-electron chi connectivity index (χ1n) is 11.7. The van der Waals surface area contributed by atoms with Crippen LogP contribution in [0.15, 0.2) is 42.5 Å². The first-order chi connectivity index (χ1) is 15.7. The van der Waals surface area contributed by atoms with Gasteiger partial charge in [-0.1, -0.05) is 27.7 Å². The Hall–Kier alpha value is -2.93. The van der Waals surface area contributed by atoms with Gasteiger partial charge in [0.25, 0.3) is 11.6 Å². The zero-order valence-corrected chi connectivity index (χ0v) is 20.1. The standard InChI is InChI=1S/C26H35N3O4/c1-19(2)15-23-16-22(26(30)28-13-11-27(12-14-28)17-20(3)4)7-10-25(23)33-18-21-5-8-24(9-6-21)29(31)32/h5-10,16,19-20H,11-15,17-18H2,1-4H3. The third-order valence-electron chi connectivity index (χ3n) is 5.76. The Kier molecular flexibility index (Phi) is 8.44. The molecule has 7 heteroatoms. The molecule has 1 aliphatic rings. The maximum atomic E-state index is 13.2. The Labute approximate surface area is 196 Å². The second-order valence-corrected chi connectivity index (χ2v) is 9.62. The first kappa shape index (κ1) is 24.7. The zero-order chi connectivity index (χ0) is 24.0. The lowest BCUT2D eigenvalue weighted by molar-refractivity contribution is -0.384. The minimum absolute atomic E-state index is 0.0622. The Morgan fingerprint density at radius 3 is 2.24 bits per heavy atom. The molecule has 1 amide bonds. The van der Waals surface area contributed by atoms with Crippen LogP contribution in [0.5, 0.6) is 5.75 Å². The molecule has 0 aromatic heterocycles.